The van der Waals surface area contributed by atoms with E-state index in [4.69, 9.17) is 4.74 Å². The fraction of sp³-hybridized carbons (Fsp3) is 0.444. The van der Waals surface area contributed by atoms with Crippen molar-refractivity contribution in [3.8, 4) is 0 Å². The summed E-state index contributed by atoms with van der Waals surface area (Å²) in [4.78, 5) is 18.6. The minimum Gasteiger partial charge on any atom is -0.374 e. The molecule has 6 heteroatoms. The summed E-state index contributed by atoms with van der Waals surface area (Å²) in [6.45, 7) is 3.96. The van der Waals surface area contributed by atoms with Gasteiger partial charge in [-0.25, -0.2) is 9.37 Å². The number of nitrogens with zero attached hydrogens (tertiary/aromatic N) is 3. The molecule has 3 rings (SSSR count). The highest BCUT2D eigenvalue weighted by molar-refractivity contribution is 5.76. The molecule has 1 fully saturated rings. The van der Waals surface area contributed by atoms with E-state index in [2.05, 4.69) is 4.98 Å². The van der Waals surface area contributed by atoms with Gasteiger partial charge in [0.2, 0.25) is 5.91 Å². The third-order valence-electron chi connectivity index (χ3n) is 4.27. The summed E-state index contributed by atoms with van der Waals surface area (Å²) in [5, 5.41) is 0. The summed E-state index contributed by atoms with van der Waals surface area (Å²) in [5.74, 6) is 0.728. The molecule has 2 aromatic rings. The number of halogens is 1. The Kier molecular flexibility index (Phi) is 5.25. The molecule has 24 heavy (non-hydrogen) atoms. The van der Waals surface area contributed by atoms with Crippen LogP contribution in [0.3, 0.4) is 0 Å². The fourth-order valence-corrected chi connectivity index (χ4v) is 3.04. The van der Waals surface area contributed by atoms with Gasteiger partial charge < -0.3 is 14.2 Å². The molecule has 1 amide bonds. The molecule has 1 aliphatic heterocycles. The van der Waals surface area contributed by atoms with Crippen LogP contribution in [-0.2, 0) is 28.9 Å². The van der Waals surface area contributed by atoms with Gasteiger partial charge in [-0.05, 0) is 17.7 Å². The van der Waals surface area contributed by atoms with Gasteiger partial charge in [-0.3, -0.25) is 4.79 Å². The minimum atomic E-state index is -0.247. The molecule has 0 aliphatic carbocycles. The largest absolute Gasteiger partial charge is 0.374 e. The lowest BCUT2D eigenvalue weighted by atomic mass is 10.1. The van der Waals surface area contributed by atoms with Gasteiger partial charge in [0.05, 0.1) is 12.7 Å². The van der Waals surface area contributed by atoms with Crippen LogP contribution in [0.5, 0.6) is 0 Å². The van der Waals surface area contributed by atoms with Crippen LogP contribution in [0.25, 0.3) is 0 Å². The number of aryl methyl sites for hydroxylation is 1. The van der Waals surface area contributed by atoms with E-state index in [-0.39, 0.29) is 17.8 Å². The fourth-order valence-electron chi connectivity index (χ4n) is 3.04. The molecule has 1 saturated heterocycles. The summed E-state index contributed by atoms with van der Waals surface area (Å²) >= 11 is 0. The van der Waals surface area contributed by atoms with Crippen LogP contribution < -0.4 is 0 Å². The number of ether oxygens (including phenoxy) is 1. The van der Waals surface area contributed by atoms with E-state index in [1.807, 2.05) is 28.7 Å². The lowest BCUT2D eigenvalue weighted by Crippen LogP contribution is -2.47. The number of imidazole rings is 1. The Morgan fingerprint density at radius 3 is 3.12 bits per heavy atom. The molecule has 0 bridgehead atoms. The Morgan fingerprint density at radius 1 is 1.46 bits per heavy atom. The van der Waals surface area contributed by atoms with Crippen LogP contribution in [0.1, 0.15) is 18.3 Å². The van der Waals surface area contributed by atoms with E-state index < -0.39 is 0 Å². The lowest BCUT2D eigenvalue weighted by molar-refractivity contribution is -0.139. The topological polar surface area (TPSA) is 47.4 Å². The zero-order valence-corrected chi connectivity index (χ0v) is 13.8. The van der Waals surface area contributed by atoms with E-state index >= 15 is 0 Å². The Morgan fingerprint density at radius 2 is 2.33 bits per heavy atom. The normalized spacial score (nSPS) is 17.9. The van der Waals surface area contributed by atoms with Gasteiger partial charge in [-0.1, -0.05) is 19.1 Å². The van der Waals surface area contributed by atoms with Gasteiger partial charge in [0.15, 0.2) is 0 Å². The first-order valence-corrected chi connectivity index (χ1v) is 8.29. The number of benzene rings is 1. The second-order valence-electron chi connectivity index (χ2n) is 5.99. The summed E-state index contributed by atoms with van der Waals surface area (Å²) in [6.07, 6.45) is 4.86. The molecule has 1 aromatic carbocycles. The van der Waals surface area contributed by atoms with Gasteiger partial charge in [-0.2, -0.15) is 0 Å². The SMILES string of the molecule is CCc1nccn1CC(=O)N1CCO[C@H](Cc2cccc(F)c2)C1. The van der Waals surface area contributed by atoms with Crippen LogP contribution in [0.2, 0.25) is 0 Å². The van der Waals surface area contributed by atoms with E-state index in [9.17, 15) is 9.18 Å². The van der Waals surface area contributed by atoms with Crippen molar-refractivity contribution in [1.82, 2.24) is 14.5 Å². The van der Waals surface area contributed by atoms with Crippen molar-refractivity contribution in [2.45, 2.75) is 32.4 Å². The highest BCUT2D eigenvalue weighted by atomic mass is 19.1. The maximum atomic E-state index is 13.3. The number of carbonyl (C=O) groups excluding carboxylic acids is 1. The van der Waals surface area contributed by atoms with Gasteiger partial charge in [0.1, 0.15) is 18.2 Å². The number of amides is 1. The Hall–Kier alpha value is -2.21. The molecular weight excluding hydrogens is 309 g/mol. The van der Waals surface area contributed by atoms with E-state index in [0.717, 1.165) is 17.8 Å². The minimum absolute atomic E-state index is 0.0650. The second kappa shape index (κ2) is 7.57. The van der Waals surface area contributed by atoms with Crippen molar-refractivity contribution < 1.29 is 13.9 Å². The number of morpholine rings is 1. The number of hydrogen-bond acceptors (Lipinski definition) is 3. The molecule has 1 aliphatic rings. The highest BCUT2D eigenvalue weighted by Gasteiger charge is 2.24. The number of hydrogen-bond donors (Lipinski definition) is 0. The average Bonchev–Trinajstić information content (AvgIpc) is 3.02. The summed E-state index contributed by atoms with van der Waals surface area (Å²) < 4.78 is 20.9. The monoisotopic (exact) mass is 331 g/mol. The van der Waals surface area contributed by atoms with E-state index in [1.54, 1.807) is 12.3 Å². The third-order valence-corrected chi connectivity index (χ3v) is 4.27. The Bertz CT molecular complexity index is 701. The molecule has 128 valence electrons. The maximum absolute atomic E-state index is 13.3. The predicted octanol–water partition coefficient (Wildman–Crippen LogP) is 2.05. The first kappa shape index (κ1) is 16.6. The average molecular weight is 331 g/mol. The first-order valence-electron chi connectivity index (χ1n) is 8.29. The Labute approximate surface area is 141 Å². The van der Waals surface area contributed by atoms with Crippen molar-refractivity contribution in [2.75, 3.05) is 19.7 Å². The molecule has 0 saturated carbocycles. The number of rotatable bonds is 5. The van der Waals surface area contributed by atoms with Gasteiger partial charge in [0.25, 0.3) is 0 Å². The van der Waals surface area contributed by atoms with E-state index in [1.165, 1.54) is 12.1 Å². The predicted molar refractivity (Wildman–Crippen MR) is 88.0 cm³/mol. The molecular formula is C18H22FN3O2. The van der Waals surface area contributed by atoms with Crippen LogP contribution in [0.15, 0.2) is 36.7 Å². The van der Waals surface area contributed by atoms with Crippen LogP contribution in [-0.4, -0.2) is 46.2 Å². The van der Waals surface area contributed by atoms with E-state index in [0.29, 0.717) is 32.7 Å². The van der Waals surface area contributed by atoms with Gasteiger partial charge in [-0.15, -0.1) is 0 Å². The number of carbonyl (C=O) groups is 1. The first-order chi connectivity index (χ1) is 11.7. The van der Waals surface area contributed by atoms with Gasteiger partial charge in [0, 0.05) is 38.3 Å². The molecule has 0 unspecified atom stereocenters. The summed E-state index contributed by atoms with van der Waals surface area (Å²) in [6, 6.07) is 6.52. The molecule has 5 nitrogen and oxygen atoms in total. The molecule has 2 heterocycles. The second-order valence-corrected chi connectivity index (χ2v) is 5.99. The molecule has 0 N–H and O–H groups in total. The third kappa shape index (κ3) is 4.00. The Balaban J connectivity index is 1.59. The molecule has 0 spiro atoms. The standard InChI is InChI=1S/C18H22FN3O2/c1-2-17-20-6-7-21(17)13-18(23)22-8-9-24-16(12-22)11-14-4-3-5-15(19)10-14/h3-7,10,16H,2,8-9,11-13H2,1H3/t16-/m1/s1. The zero-order chi connectivity index (χ0) is 16.9. The van der Waals surface area contributed by atoms with Crippen molar-refractivity contribution in [1.29, 1.82) is 0 Å². The summed E-state index contributed by atoms with van der Waals surface area (Å²) in [5.41, 5.74) is 0.886. The van der Waals surface area contributed by atoms with Crippen molar-refractivity contribution >= 4 is 5.91 Å². The zero-order valence-electron chi connectivity index (χ0n) is 13.8. The molecule has 1 atom stereocenters. The van der Waals surface area contributed by atoms with Crippen molar-refractivity contribution in [3.05, 3.63) is 53.9 Å². The van der Waals surface area contributed by atoms with Crippen LogP contribution in [0.4, 0.5) is 4.39 Å². The number of aromatic nitrogens is 2. The van der Waals surface area contributed by atoms with Crippen molar-refractivity contribution in [3.63, 3.8) is 0 Å². The van der Waals surface area contributed by atoms with Crippen LogP contribution >= 0.6 is 0 Å². The lowest BCUT2D eigenvalue weighted by Gasteiger charge is -2.33. The highest BCUT2D eigenvalue weighted by Crippen LogP contribution is 2.14. The quantitative estimate of drug-likeness (QED) is 0.842. The molecule has 1 aromatic heterocycles. The summed E-state index contributed by atoms with van der Waals surface area (Å²) in [7, 11) is 0. The van der Waals surface area contributed by atoms with Crippen molar-refractivity contribution in [2.24, 2.45) is 0 Å². The maximum Gasteiger partial charge on any atom is 0.242 e. The smallest absolute Gasteiger partial charge is 0.242 e. The van der Waals surface area contributed by atoms with Gasteiger partial charge >= 0.3 is 0 Å². The van der Waals surface area contributed by atoms with Crippen LogP contribution in [0, 0.1) is 5.82 Å². The molecule has 0 radical (unpaired) electrons.